The van der Waals surface area contributed by atoms with Gasteiger partial charge in [0.05, 0.1) is 18.3 Å². The summed E-state index contributed by atoms with van der Waals surface area (Å²) in [4.78, 5) is 0. The summed E-state index contributed by atoms with van der Waals surface area (Å²) in [6.45, 7) is 7.03. The molecule has 0 heterocycles. The Morgan fingerprint density at radius 1 is 1.03 bits per heavy atom. The van der Waals surface area contributed by atoms with Gasteiger partial charge in [-0.25, -0.2) is 0 Å². The van der Waals surface area contributed by atoms with Crippen LogP contribution in [0.5, 0.6) is 0 Å². The lowest BCUT2D eigenvalue weighted by Crippen LogP contribution is -2.65. The van der Waals surface area contributed by atoms with Gasteiger partial charge in [-0.15, -0.1) is 0 Å². The van der Waals surface area contributed by atoms with Crippen molar-refractivity contribution in [1.29, 1.82) is 0 Å². The monoisotopic (exact) mass is 410 g/mol. The number of methoxy groups -OCH3 is 2. The fourth-order valence-electron chi connectivity index (χ4n) is 8.76. The van der Waals surface area contributed by atoms with Crippen LogP contribution in [0.1, 0.15) is 65.7 Å². The lowest BCUT2D eigenvalue weighted by molar-refractivity contribution is -0.258. The van der Waals surface area contributed by atoms with Crippen molar-refractivity contribution in [3.63, 3.8) is 0 Å². The summed E-state index contributed by atoms with van der Waals surface area (Å²) in [5, 5.41) is 21.6. The van der Waals surface area contributed by atoms with Crippen molar-refractivity contribution in [2.24, 2.45) is 40.4 Å². The number of fused-ring (bicyclic) bond motifs is 5. The van der Waals surface area contributed by atoms with E-state index in [4.69, 9.17) is 14.2 Å². The smallest absolute Gasteiger partial charge is 0.146 e. The highest BCUT2D eigenvalue weighted by Gasteiger charge is 2.64. The van der Waals surface area contributed by atoms with Gasteiger partial charge in [0.25, 0.3) is 0 Å². The van der Waals surface area contributed by atoms with Crippen LogP contribution in [0.3, 0.4) is 0 Å². The fraction of sp³-hybridized carbons (Fsp3) is 1.00. The van der Waals surface area contributed by atoms with Crippen LogP contribution in [-0.4, -0.2) is 55.6 Å². The largest absolute Gasteiger partial charge is 0.393 e. The van der Waals surface area contributed by atoms with E-state index in [0.29, 0.717) is 29.6 Å². The van der Waals surface area contributed by atoms with Crippen LogP contribution in [0, 0.1) is 40.4 Å². The molecule has 0 saturated heterocycles. The molecule has 0 radical (unpaired) electrons. The number of ether oxygens (including phenoxy) is 3. The third kappa shape index (κ3) is 3.22. The van der Waals surface area contributed by atoms with Gasteiger partial charge in [-0.3, -0.25) is 0 Å². The molecule has 4 saturated carbocycles. The summed E-state index contributed by atoms with van der Waals surface area (Å²) in [5.41, 5.74) is 0.198. The minimum Gasteiger partial charge on any atom is -0.393 e. The Hall–Kier alpha value is -0.200. The number of hydrogen-bond acceptors (Lipinski definition) is 5. The molecule has 0 aromatic rings. The van der Waals surface area contributed by atoms with E-state index < -0.39 is 6.10 Å². The van der Waals surface area contributed by atoms with Gasteiger partial charge in [-0.05, 0) is 86.9 Å². The molecular formula is C24H42O5. The van der Waals surface area contributed by atoms with Gasteiger partial charge in [0.1, 0.15) is 12.9 Å². The highest BCUT2D eigenvalue weighted by molar-refractivity contribution is 5.13. The summed E-state index contributed by atoms with van der Waals surface area (Å²) in [7, 11) is 3.35. The van der Waals surface area contributed by atoms with E-state index in [9.17, 15) is 10.2 Å². The van der Waals surface area contributed by atoms with Crippen molar-refractivity contribution in [2.45, 2.75) is 90.1 Å². The predicted octanol–water partition coefficient (Wildman–Crippen LogP) is 3.61. The zero-order valence-electron chi connectivity index (χ0n) is 19.0. The Bertz CT molecular complexity index is 582. The molecule has 2 N–H and O–H groups in total. The Kier molecular flexibility index (Phi) is 6.11. The molecule has 4 aliphatic rings. The molecule has 0 amide bonds. The van der Waals surface area contributed by atoms with Crippen molar-refractivity contribution in [3.8, 4) is 0 Å². The molecule has 4 aliphatic carbocycles. The summed E-state index contributed by atoms with van der Waals surface area (Å²) in [5.74, 6) is 2.84. The molecule has 0 aliphatic heterocycles. The van der Waals surface area contributed by atoms with Crippen LogP contribution >= 0.6 is 0 Å². The van der Waals surface area contributed by atoms with Gasteiger partial charge >= 0.3 is 0 Å². The fourth-order valence-corrected chi connectivity index (χ4v) is 8.76. The number of aliphatic hydroxyl groups is 2. The maximum atomic E-state index is 11.2. The minimum atomic E-state index is -0.614. The second-order valence-electron chi connectivity index (χ2n) is 11.0. The minimum absolute atomic E-state index is 0.0554. The first-order valence-corrected chi connectivity index (χ1v) is 11.8. The van der Waals surface area contributed by atoms with Crippen molar-refractivity contribution in [1.82, 2.24) is 0 Å². The summed E-state index contributed by atoms with van der Waals surface area (Å²) >= 11 is 0. The lowest BCUT2D eigenvalue weighted by Gasteiger charge is -2.63. The van der Waals surface area contributed by atoms with Crippen LogP contribution in [0.2, 0.25) is 0 Å². The van der Waals surface area contributed by atoms with Crippen LogP contribution in [-0.2, 0) is 14.2 Å². The zero-order chi connectivity index (χ0) is 21.0. The van der Waals surface area contributed by atoms with Crippen molar-refractivity contribution in [3.05, 3.63) is 0 Å². The van der Waals surface area contributed by atoms with Crippen LogP contribution in [0.15, 0.2) is 0 Å². The quantitative estimate of drug-likeness (QED) is 0.678. The Labute approximate surface area is 176 Å². The summed E-state index contributed by atoms with van der Waals surface area (Å²) < 4.78 is 17.1. The van der Waals surface area contributed by atoms with E-state index in [1.807, 2.05) is 6.92 Å². The van der Waals surface area contributed by atoms with Gasteiger partial charge in [0.15, 0.2) is 0 Å². The Morgan fingerprint density at radius 2 is 1.79 bits per heavy atom. The van der Waals surface area contributed by atoms with Gasteiger partial charge in [-0.2, -0.15) is 0 Å². The molecule has 0 unspecified atom stereocenters. The first-order chi connectivity index (χ1) is 13.8. The highest BCUT2D eigenvalue weighted by atomic mass is 16.7. The van der Waals surface area contributed by atoms with E-state index in [0.717, 1.165) is 12.8 Å². The van der Waals surface area contributed by atoms with E-state index in [1.165, 1.54) is 32.1 Å². The topological polar surface area (TPSA) is 68.2 Å². The first-order valence-electron chi connectivity index (χ1n) is 11.8. The normalized spacial score (nSPS) is 53.1. The van der Waals surface area contributed by atoms with Crippen molar-refractivity contribution in [2.75, 3.05) is 21.0 Å². The van der Waals surface area contributed by atoms with E-state index in [2.05, 4.69) is 13.8 Å². The SMILES string of the molecule is COCO[C@H]1[C@@H](O)[C@@H](OC)C[C@@H]2CC[C@H]3[C@@H]4CC[C@H]([C@H](C)O)[C@@]4(C)CC[C@@H]3[C@]21C. The molecule has 0 aromatic heterocycles. The third-order valence-electron chi connectivity index (χ3n) is 10.1. The van der Waals surface area contributed by atoms with Gasteiger partial charge < -0.3 is 24.4 Å². The Morgan fingerprint density at radius 3 is 2.45 bits per heavy atom. The number of aliphatic hydroxyl groups excluding tert-OH is 2. The first kappa shape index (κ1) is 22.0. The molecule has 5 nitrogen and oxygen atoms in total. The molecule has 0 aromatic carbocycles. The summed E-state index contributed by atoms with van der Waals surface area (Å²) in [6.07, 6.45) is 6.86. The molecular weight excluding hydrogens is 368 g/mol. The van der Waals surface area contributed by atoms with Crippen molar-refractivity contribution < 1.29 is 24.4 Å². The molecule has 29 heavy (non-hydrogen) atoms. The second-order valence-corrected chi connectivity index (χ2v) is 11.0. The van der Waals surface area contributed by atoms with Crippen molar-refractivity contribution >= 4 is 0 Å². The molecule has 11 atom stereocenters. The number of rotatable bonds is 5. The average Bonchev–Trinajstić information content (AvgIpc) is 3.04. The van der Waals surface area contributed by atoms with E-state index in [1.54, 1.807) is 14.2 Å². The third-order valence-corrected chi connectivity index (χ3v) is 10.1. The van der Waals surface area contributed by atoms with Crippen LogP contribution < -0.4 is 0 Å². The van der Waals surface area contributed by atoms with E-state index in [-0.39, 0.29) is 35.9 Å². The molecule has 5 heteroatoms. The average molecular weight is 411 g/mol. The maximum absolute atomic E-state index is 11.2. The van der Waals surface area contributed by atoms with Gasteiger partial charge in [-0.1, -0.05) is 13.8 Å². The molecule has 4 fully saturated rings. The maximum Gasteiger partial charge on any atom is 0.146 e. The zero-order valence-corrected chi connectivity index (χ0v) is 19.0. The second kappa shape index (κ2) is 8.05. The van der Waals surface area contributed by atoms with Crippen LogP contribution in [0.4, 0.5) is 0 Å². The van der Waals surface area contributed by atoms with E-state index >= 15 is 0 Å². The van der Waals surface area contributed by atoms with Crippen LogP contribution in [0.25, 0.3) is 0 Å². The molecule has 168 valence electrons. The predicted molar refractivity (Wildman–Crippen MR) is 111 cm³/mol. The lowest BCUT2D eigenvalue weighted by atomic mass is 9.43. The molecule has 4 rings (SSSR count). The van der Waals surface area contributed by atoms with Gasteiger partial charge in [0, 0.05) is 19.6 Å². The number of hydrogen-bond donors (Lipinski definition) is 2. The molecule has 0 spiro atoms. The van der Waals surface area contributed by atoms with Gasteiger partial charge in [0.2, 0.25) is 0 Å². The molecule has 0 bridgehead atoms. The standard InChI is InChI=1S/C24H42O5/c1-14(25)17-8-9-18-16-7-6-15-12-20(28-5)21(26)22(29-13-27-4)24(15,3)19(16)10-11-23(17,18)2/h14-22,25-26H,6-13H2,1-5H3/t14-,15-,16-,17+,18-,19-,20-,21-,22-,23+,24-/m0/s1. The Balaban J connectivity index is 1.65. The highest BCUT2D eigenvalue weighted by Crippen LogP contribution is 2.68. The summed E-state index contributed by atoms with van der Waals surface area (Å²) in [6, 6.07) is 0.